The van der Waals surface area contributed by atoms with E-state index >= 15 is 0 Å². The molecule has 2 aromatic rings. The smallest absolute Gasteiger partial charge is 0.337 e. The topological polar surface area (TPSA) is 63.1 Å². The second-order valence-electron chi connectivity index (χ2n) is 3.93. The Labute approximate surface area is 93.0 Å². The minimum absolute atomic E-state index is 0.0671. The maximum atomic E-state index is 11.1. The van der Waals surface area contributed by atoms with Crippen molar-refractivity contribution in [2.45, 2.75) is 19.8 Å². The van der Waals surface area contributed by atoms with Gasteiger partial charge in [-0.2, -0.15) is 0 Å². The van der Waals surface area contributed by atoms with Crippen molar-refractivity contribution in [3.8, 4) is 0 Å². The Bertz CT molecular complexity index is 550. The summed E-state index contributed by atoms with van der Waals surface area (Å²) in [5.41, 5.74) is 1.44. The molecule has 2 rings (SSSR count). The van der Waals surface area contributed by atoms with Gasteiger partial charge >= 0.3 is 5.97 Å². The highest BCUT2D eigenvalue weighted by molar-refractivity contribution is 5.93. The molecular formula is C12H12N2O2. The molecule has 0 atom stereocenters. The van der Waals surface area contributed by atoms with Crippen LogP contribution >= 0.6 is 0 Å². The van der Waals surface area contributed by atoms with Crippen molar-refractivity contribution in [2.75, 3.05) is 0 Å². The van der Waals surface area contributed by atoms with Crippen LogP contribution in [-0.4, -0.2) is 21.0 Å². The second kappa shape index (κ2) is 3.89. The molecule has 4 nitrogen and oxygen atoms in total. The Hall–Kier alpha value is -1.97. The lowest BCUT2D eigenvalue weighted by Crippen LogP contribution is -2.07. The van der Waals surface area contributed by atoms with Crippen molar-refractivity contribution in [3.05, 3.63) is 35.7 Å². The normalized spacial score (nSPS) is 10.9. The molecule has 0 amide bonds. The van der Waals surface area contributed by atoms with Gasteiger partial charge in [-0.15, -0.1) is 0 Å². The first-order valence-electron chi connectivity index (χ1n) is 5.08. The van der Waals surface area contributed by atoms with Gasteiger partial charge in [-0.1, -0.05) is 13.8 Å². The highest BCUT2D eigenvalue weighted by Gasteiger charge is 2.15. The number of fused-ring (bicyclic) bond motifs is 1. The lowest BCUT2D eigenvalue weighted by atomic mass is 10.0. The van der Waals surface area contributed by atoms with E-state index in [0.717, 1.165) is 5.39 Å². The summed E-state index contributed by atoms with van der Waals surface area (Å²) in [5, 5.41) is 9.87. The van der Waals surface area contributed by atoms with Crippen molar-refractivity contribution in [1.29, 1.82) is 0 Å². The molecule has 2 aromatic heterocycles. The number of carboxylic acid groups (broad SMARTS) is 1. The first-order chi connectivity index (χ1) is 7.59. The highest BCUT2D eigenvalue weighted by Crippen LogP contribution is 2.21. The zero-order chi connectivity index (χ0) is 11.7. The number of hydrogen-bond donors (Lipinski definition) is 1. The van der Waals surface area contributed by atoms with E-state index in [0.29, 0.717) is 11.3 Å². The maximum absolute atomic E-state index is 11.1. The van der Waals surface area contributed by atoms with Crippen LogP contribution in [0.5, 0.6) is 0 Å². The number of pyridine rings is 2. The van der Waals surface area contributed by atoms with Crippen molar-refractivity contribution < 1.29 is 9.90 Å². The predicted octanol–water partition coefficient (Wildman–Crippen LogP) is 2.45. The van der Waals surface area contributed by atoms with Crippen LogP contribution in [-0.2, 0) is 0 Å². The fraction of sp³-hybridized carbons (Fsp3) is 0.250. The molecule has 0 bridgehead atoms. The van der Waals surface area contributed by atoms with E-state index in [-0.39, 0.29) is 11.5 Å². The molecule has 0 radical (unpaired) electrons. The van der Waals surface area contributed by atoms with Gasteiger partial charge < -0.3 is 5.11 Å². The summed E-state index contributed by atoms with van der Waals surface area (Å²) in [5.74, 6) is -0.876. The van der Waals surface area contributed by atoms with Gasteiger partial charge in [0.25, 0.3) is 0 Å². The summed E-state index contributed by atoms with van der Waals surface area (Å²) in [6.45, 7) is 3.84. The Balaban J connectivity index is 2.76. The van der Waals surface area contributed by atoms with Gasteiger partial charge in [0.2, 0.25) is 0 Å². The molecule has 0 aliphatic carbocycles. The summed E-state index contributed by atoms with van der Waals surface area (Å²) in [6, 6.07) is 5.21. The van der Waals surface area contributed by atoms with Crippen LogP contribution in [0.15, 0.2) is 24.4 Å². The molecule has 0 aliphatic heterocycles. The number of carboxylic acids is 1. The minimum Gasteiger partial charge on any atom is -0.478 e. The Morgan fingerprint density at radius 3 is 2.81 bits per heavy atom. The lowest BCUT2D eigenvalue weighted by molar-refractivity contribution is 0.0695. The molecule has 0 saturated heterocycles. The highest BCUT2D eigenvalue weighted by atomic mass is 16.4. The van der Waals surface area contributed by atoms with E-state index < -0.39 is 5.97 Å². The fourth-order valence-corrected chi connectivity index (χ4v) is 1.63. The molecule has 0 saturated carbocycles. The number of aromatic carboxylic acids is 1. The van der Waals surface area contributed by atoms with Crippen LogP contribution < -0.4 is 0 Å². The average Bonchev–Trinajstić information content (AvgIpc) is 2.27. The summed E-state index contributed by atoms with van der Waals surface area (Å²) in [7, 11) is 0. The number of aromatic nitrogens is 2. The first kappa shape index (κ1) is 10.5. The molecule has 82 valence electrons. The van der Waals surface area contributed by atoms with Crippen molar-refractivity contribution >= 4 is 17.0 Å². The molecule has 0 aromatic carbocycles. The third kappa shape index (κ3) is 1.74. The fourth-order valence-electron chi connectivity index (χ4n) is 1.63. The number of hydrogen-bond acceptors (Lipinski definition) is 3. The summed E-state index contributed by atoms with van der Waals surface area (Å²) >= 11 is 0. The van der Waals surface area contributed by atoms with Crippen molar-refractivity contribution in [1.82, 2.24) is 9.97 Å². The van der Waals surface area contributed by atoms with Crippen LogP contribution in [0.1, 0.15) is 35.8 Å². The molecule has 16 heavy (non-hydrogen) atoms. The van der Waals surface area contributed by atoms with Gasteiger partial charge in [-0.05, 0) is 24.1 Å². The van der Waals surface area contributed by atoms with Gasteiger partial charge in [0.15, 0.2) is 5.65 Å². The third-order valence-electron chi connectivity index (χ3n) is 2.40. The summed E-state index contributed by atoms with van der Waals surface area (Å²) in [6.07, 6.45) is 1.65. The maximum Gasteiger partial charge on any atom is 0.337 e. The van der Waals surface area contributed by atoms with Gasteiger partial charge in [0, 0.05) is 11.6 Å². The van der Waals surface area contributed by atoms with E-state index in [1.807, 2.05) is 19.9 Å². The molecule has 1 N–H and O–H groups in total. The molecule has 2 heterocycles. The molecule has 0 fully saturated rings. The van der Waals surface area contributed by atoms with Gasteiger partial charge in [0.05, 0.1) is 11.3 Å². The van der Waals surface area contributed by atoms with Gasteiger partial charge in [0.1, 0.15) is 0 Å². The largest absolute Gasteiger partial charge is 0.478 e. The molecule has 0 aliphatic rings. The van der Waals surface area contributed by atoms with Crippen LogP contribution in [0.4, 0.5) is 0 Å². The quantitative estimate of drug-likeness (QED) is 0.837. The van der Waals surface area contributed by atoms with E-state index in [4.69, 9.17) is 5.11 Å². The molecule has 4 heteroatoms. The first-order valence-corrected chi connectivity index (χ1v) is 5.08. The Kier molecular flexibility index (Phi) is 2.56. The number of carbonyl (C=O) groups is 1. The predicted molar refractivity (Wildman–Crippen MR) is 60.6 cm³/mol. The van der Waals surface area contributed by atoms with Crippen LogP contribution in [0.2, 0.25) is 0 Å². The lowest BCUT2D eigenvalue weighted by Gasteiger charge is -2.09. The molecular weight excluding hydrogens is 204 g/mol. The summed E-state index contributed by atoms with van der Waals surface area (Å²) in [4.78, 5) is 19.5. The van der Waals surface area contributed by atoms with Crippen molar-refractivity contribution in [2.24, 2.45) is 0 Å². The van der Waals surface area contributed by atoms with E-state index in [1.54, 1.807) is 18.3 Å². The zero-order valence-electron chi connectivity index (χ0n) is 9.14. The van der Waals surface area contributed by atoms with Crippen LogP contribution in [0.3, 0.4) is 0 Å². The molecule has 0 unspecified atom stereocenters. The van der Waals surface area contributed by atoms with Gasteiger partial charge in [-0.25, -0.2) is 14.8 Å². The number of nitrogens with zero attached hydrogens (tertiary/aromatic N) is 2. The van der Waals surface area contributed by atoms with Crippen LogP contribution in [0, 0.1) is 0 Å². The number of rotatable bonds is 2. The van der Waals surface area contributed by atoms with Crippen molar-refractivity contribution in [3.63, 3.8) is 0 Å². The Morgan fingerprint density at radius 2 is 2.19 bits per heavy atom. The third-order valence-corrected chi connectivity index (χ3v) is 2.40. The molecule has 0 spiro atoms. The van der Waals surface area contributed by atoms with E-state index in [2.05, 4.69) is 9.97 Å². The van der Waals surface area contributed by atoms with Gasteiger partial charge in [-0.3, -0.25) is 0 Å². The SMILES string of the molecule is CC(C)c1nc2ncccc2cc1C(=O)O. The minimum atomic E-state index is -0.943. The van der Waals surface area contributed by atoms with E-state index in [9.17, 15) is 4.79 Å². The summed E-state index contributed by atoms with van der Waals surface area (Å²) < 4.78 is 0. The van der Waals surface area contributed by atoms with E-state index in [1.165, 1.54) is 0 Å². The standard InChI is InChI=1S/C12H12N2O2/c1-7(2)10-9(12(15)16)6-8-4-3-5-13-11(8)14-10/h3-7H,1-2H3,(H,15,16). The monoisotopic (exact) mass is 216 g/mol. The second-order valence-corrected chi connectivity index (χ2v) is 3.93. The zero-order valence-corrected chi connectivity index (χ0v) is 9.14. The van der Waals surface area contributed by atoms with Crippen LogP contribution in [0.25, 0.3) is 11.0 Å². The average molecular weight is 216 g/mol. The Morgan fingerprint density at radius 1 is 1.44 bits per heavy atom.